The number of carbonyl (C=O) groups is 1. The molecule has 2 aromatic carbocycles. The molecule has 6 heteroatoms. The quantitative estimate of drug-likeness (QED) is 0.676. The molecule has 156 valence electrons. The highest BCUT2D eigenvalue weighted by Gasteiger charge is 2.34. The summed E-state index contributed by atoms with van der Waals surface area (Å²) in [5, 5.41) is 0. The first-order chi connectivity index (χ1) is 14.5. The molecule has 1 aromatic heterocycles. The Bertz CT molecular complexity index is 1030. The molecule has 2 heterocycles. The first-order valence-electron chi connectivity index (χ1n) is 10.3. The highest BCUT2D eigenvalue weighted by atomic mass is 19.1. The second-order valence-corrected chi connectivity index (χ2v) is 8.04. The Morgan fingerprint density at radius 1 is 1.27 bits per heavy atom. The first kappa shape index (κ1) is 20.3. The molecule has 0 aliphatic carbocycles. The molecule has 0 saturated heterocycles. The number of benzene rings is 2. The maximum absolute atomic E-state index is 13.9. The fourth-order valence-corrected chi connectivity index (χ4v) is 4.19. The minimum atomic E-state index is -0.356. The first-order valence-corrected chi connectivity index (χ1v) is 10.3. The Morgan fingerprint density at radius 2 is 2.10 bits per heavy atom. The number of aromatic nitrogens is 2. The van der Waals surface area contributed by atoms with Crippen LogP contribution in [0.5, 0.6) is 0 Å². The van der Waals surface area contributed by atoms with Crippen LogP contribution < -0.4 is 0 Å². The van der Waals surface area contributed by atoms with Crippen LogP contribution >= 0.6 is 0 Å². The van der Waals surface area contributed by atoms with Gasteiger partial charge in [-0.2, -0.15) is 0 Å². The van der Waals surface area contributed by atoms with Crippen molar-refractivity contribution in [1.29, 1.82) is 0 Å². The minimum Gasteiger partial charge on any atom is -0.348 e. The maximum atomic E-state index is 13.9. The predicted molar refractivity (Wildman–Crippen MR) is 114 cm³/mol. The topological polar surface area (TPSA) is 52.2 Å². The number of fused-ring (bicyclic) bond motifs is 1. The Morgan fingerprint density at radius 3 is 2.90 bits per heavy atom. The van der Waals surface area contributed by atoms with Crippen molar-refractivity contribution in [3.63, 3.8) is 0 Å². The normalized spacial score (nSPS) is 16.0. The van der Waals surface area contributed by atoms with Gasteiger partial charge in [0.2, 0.25) is 5.91 Å². The molecule has 1 atom stereocenters. The van der Waals surface area contributed by atoms with Gasteiger partial charge in [-0.1, -0.05) is 42.0 Å². The van der Waals surface area contributed by atoms with Crippen molar-refractivity contribution in [1.82, 2.24) is 19.8 Å². The molecule has 1 aliphatic rings. The molecule has 1 aliphatic heterocycles. The minimum absolute atomic E-state index is 0.0639. The average Bonchev–Trinajstić information content (AvgIpc) is 3.20. The van der Waals surface area contributed by atoms with E-state index in [0.717, 1.165) is 29.9 Å². The van der Waals surface area contributed by atoms with E-state index < -0.39 is 0 Å². The van der Waals surface area contributed by atoms with Gasteiger partial charge in [-0.25, -0.2) is 9.37 Å². The number of nitrogens with one attached hydrogen (secondary N) is 1. The van der Waals surface area contributed by atoms with Crippen LogP contribution in [0, 0.1) is 12.7 Å². The Kier molecular flexibility index (Phi) is 5.95. The fraction of sp³-hybridized carbons (Fsp3) is 0.333. The van der Waals surface area contributed by atoms with E-state index in [4.69, 9.17) is 0 Å². The lowest BCUT2D eigenvalue weighted by Crippen LogP contribution is -2.41. The summed E-state index contributed by atoms with van der Waals surface area (Å²) < 4.78 is 13.9. The summed E-state index contributed by atoms with van der Waals surface area (Å²) in [4.78, 5) is 24.8. The van der Waals surface area contributed by atoms with Gasteiger partial charge in [-0.15, -0.1) is 0 Å². The van der Waals surface area contributed by atoms with Crippen molar-refractivity contribution >= 4 is 5.91 Å². The summed E-state index contributed by atoms with van der Waals surface area (Å²) in [5.74, 6) is -0.241. The number of aryl methyl sites for hydroxylation is 1. The van der Waals surface area contributed by atoms with Gasteiger partial charge in [0.05, 0.1) is 12.0 Å². The summed E-state index contributed by atoms with van der Waals surface area (Å²) in [6, 6.07) is 14.5. The van der Waals surface area contributed by atoms with Gasteiger partial charge in [0.25, 0.3) is 0 Å². The number of nitrogens with zero attached hydrogens (tertiary/aromatic N) is 3. The predicted octanol–water partition coefficient (Wildman–Crippen LogP) is 3.85. The number of hydrogen-bond donors (Lipinski definition) is 1. The van der Waals surface area contributed by atoms with E-state index in [1.165, 1.54) is 23.3 Å². The largest absolute Gasteiger partial charge is 0.348 e. The summed E-state index contributed by atoms with van der Waals surface area (Å²) in [6.07, 6.45) is 2.79. The van der Waals surface area contributed by atoms with Gasteiger partial charge in [0.1, 0.15) is 11.9 Å². The molecule has 4 rings (SSSR count). The number of halogens is 1. The summed E-state index contributed by atoms with van der Waals surface area (Å²) in [5.41, 5.74) is 5.06. The third-order valence-corrected chi connectivity index (χ3v) is 5.65. The standard InChI is InChI=1S/C24H27FN4O/c1-17-5-3-6-18(13-17)15-28(2)11-10-22(30)29-12-9-21-23(27-16-26-21)24(29)19-7-4-8-20(25)14-19/h3-8,13-14,16,24H,9-12,15H2,1-2H3,(H,26,27). The van der Waals surface area contributed by atoms with Crippen molar-refractivity contribution in [3.05, 3.63) is 88.8 Å². The monoisotopic (exact) mass is 406 g/mol. The molecule has 1 amide bonds. The van der Waals surface area contributed by atoms with Crippen LogP contribution in [0.15, 0.2) is 54.9 Å². The SMILES string of the molecule is Cc1cccc(CN(C)CCC(=O)N2CCc3[nH]cnc3C2c2cccc(F)c2)c1. The zero-order chi connectivity index (χ0) is 21.1. The zero-order valence-corrected chi connectivity index (χ0v) is 17.4. The van der Waals surface area contributed by atoms with Crippen molar-refractivity contribution in [2.45, 2.75) is 32.4 Å². The highest BCUT2D eigenvalue weighted by Crippen LogP contribution is 2.34. The number of carbonyl (C=O) groups excluding carboxylic acids is 1. The summed E-state index contributed by atoms with van der Waals surface area (Å²) in [7, 11) is 2.03. The van der Waals surface area contributed by atoms with E-state index in [9.17, 15) is 9.18 Å². The van der Waals surface area contributed by atoms with Crippen LogP contribution in [0.25, 0.3) is 0 Å². The van der Waals surface area contributed by atoms with Crippen LogP contribution in [0.4, 0.5) is 4.39 Å². The van der Waals surface area contributed by atoms with Gasteiger partial charge in [0.15, 0.2) is 0 Å². The van der Waals surface area contributed by atoms with Crippen LogP contribution in [0.1, 0.15) is 40.5 Å². The molecule has 0 radical (unpaired) electrons. The highest BCUT2D eigenvalue weighted by molar-refractivity contribution is 5.77. The Balaban J connectivity index is 1.47. The van der Waals surface area contributed by atoms with Crippen molar-refractivity contribution in [2.24, 2.45) is 0 Å². The molecule has 0 spiro atoms. The molecule has 5 nitrogen and oxygen atoms in total. The van der Waals surface area contributed by atoms with Gasteiger partial charge < -0.3 is 14.8 Å². The third kappa shape index (κ3) is 4.44. The van der Waals surface area contributed by atoms with Gasteiger partial charge in [0, 0.05) is 38.2 Å². The number of imidazole rings is 1. The maximum Gasteiger partial charge on any atom is 0.224 e. The van der Waals surface area contributed by atoms with Crippen molar-refractivity contribution < 1.29 is 9.18 Å². The molecule has 0 saturated carbocycles. The molecular formula is C24H27FN4O. The Hall–Kier alpha value is -2.99. The number of rotatable bonds is 6. The number of aromatic amines is 1. The molecule has 0 fully saturated rings. The van der Waals surface area contributed by atoms with Crippen molar-refractivity contribution in [3.8, 4) is 0 Å². The number of H-pyrrole nitrogens is 1. The number of hydrogen-bond acceptors (Lipinski definition) is 3. The summed E-state index contributed by atoms with van der Waals surface area (Å²) in [6.45, 7) is 4.13. The van der Waals surface area contributed by atoms with Gasteiger partial charge >= 0.3 is 0 Å². The van der Waals surface area contributed by atoms with E-state index in [1.54, 1.807) is 12.4 Å². The molecule has 1 N–H and O–H groups in total. The van der Waals surface area contributed by atoms with E-state index >= 15 is 0 Å². The smallest absolute Gasteiger partial charge is 0.224 e. The summed E-state index contributed by atoms with van der Waals surface area (Å²) >= 11 is 0. The van der Waals surface area contributed by atoms with E-state index in [-0.39, 0.29) is 17.8 Å². The second-order valence-electron chi connectivity index (χ2n) is 8.04. The van der Waals surface area contributed by atoms with Crippen molar-refractivity contribution in [2.75, 3.05) is 20.1 Å². The number of amides is 1. The van der Waals surface area contributed by atoms with Crippen LogP contribution in [0.3, 0.4) is 0 Å². The molecule has 3 aromatic rings. The fourth-order valence-electron chi connectivity index (χ4n) is 4.19. The third-order valence-electron chi connectivity index (χ3n) is 5.65. The van der Waals surface area contributed by atoms with E-state index in [0.29, 0.717) is 19.5 Å². The second kappa shape index (κ2) is 8.79. The van der Waals surface area contributed by atoms with Crippen LogP contribution in [-0.4, -0.2) is 45.8 Å². The molecule has 30 heavy (non-hydrogen) atoms. The van der Waals surface area contributed by atoms with Gasteiger partial charge in [-0.3, -0.25) is 4.79 Å². The Labute approximate surface area is 176 Å². The molecule has 1 unspecified atom stereocenters. The van der Waals surface area contributed by atoms with Gasteiger partial charge in [-0.05, 0) is 37.2 Å². The zero-order valence-electron chi connectivity index (χ0n) is 17.4. The lowest BCUT2D eigenvalue weighted by atomic mass is 9.95. The van der Waals surface area contributed by atoms with Crippen LogP contribution in [0.2, 0.25) is 0 Å². The van der Waals surface area contributed by atoms with E-state index in [2.05, 4.69) is 46.1 Å². The molecular weight excluding hydrogens is 379 g/mol. The average molecular weight is 407 g/mol. The lowest BCUT2D eigenvalue weighted by Gasteiger charge is -2.35. The van der Waals surface area contributed by atoms with E-state index in [1.807, 2.05) is 18.0 Å². The molecule has 0 bridgehead atoms. The lowest BCUT2D eigenvalue weighted by molar-refractivity contribution is -0.133. The van der Waals surface area contributed by atoms with Crippen LogP contribution in [-0.2, 0) is 17.8 Å².